The number of nitrogens with two attached hydrogens (primary N) is 6. The van der Waals surface area contributed by atoms with E-state index in [1.54, 1.807) is 0 Å². The highest BCUT2D eigenvalue weighted by molar-refractivity contribution is 6.11. The molecule has 40 heavy (non-hydrogen) atoms. The normalized spacial score (nSPS) is 11.1. The van der Waals surface area contributed by atoms with Crippen molar-refractivity contribution in [2.24, 2.45) is 22.9 Å². The first-order valence-electron chi connectivity index (χ1n) is 13.4. The molecule has 0 aliphatic rings. The van der Waals surface area contributed by atoms with Gasteiger partial charge in [-0.2, -0.15) is 0 Å². The van der Waals surface area contributed by atoms with Crippen LogP contribution in [0.4, 0.5) is 11.4 Å². The summed E-state index contributed by atoms with van der Waals surface area (Å²) in [6.45, 7) is 1.65. The van der Waals surface area contributed by atoms with Crippen LogP contribution in [0.2, 0.25) is 0 Å². The van der Waals surface area contributed by atoms with Gasteiger partial charge in [0.2, 0.25) is 0 Å². The number of hydrogen-bond donors (Lipinski definition) is 6. The summed E-state index contributed by atoms with van der Waals surface area (Å²) in [5.74, 6) is 0. The molecule has 0 amide bonds. The molecule has 6 heteroatoms. The molecule has 5 rings (SSSR count). The summed E-state index contributed by atoms with van der Waals surface area (Å²) in [6.07, 6.45) is 0. The van der Waals surface area contributed by atoms with Gasteiger partial charge in [-0.1, -0.05) is 72.8 Å². The number of nitrogen functional groups attached to an aromatic ring is 2. The molecule has 12 N–H and O–H groups in total. The van der Waals surface area contributed by atoms with Gasteiger partial charge >= 0.3 is 0 Å². The molecule has 5 aromatic carbocycles. The van der Waals surface area contributed by atoms with Crippen LogP contribution in [0.5, 0.6) is 0 Å². The van der Waals surface area contributed by atoms with Gasteiger partial charge in [0.1, 0.15) is 0 Å². The predicted molar refractivity (Wildman–Crippen MR) is 169 cm³/mol. The molecule has 0 fully saturated rings. The van der Waals surface area contributed by atoms with E-state index >= 15 is 0 Å². The number of rotatable bonds is 8. The van der Waals surface area contributed by atoms with Gasteiger partial charge in [-0.3, -0.25) is 0 Å². The Morgan fingerprint density at radius 3 is 0.775 bits per heavy atom. The lowest BCUT2D eigenvalue weighted by Gasteiger charge is -2.25. The van der Waals surface area contributed by atoms with E-state index < -0.39 is 0 Å². The van der Waals surface area contributed by atoms with Crippen molar-refractivity contribution in [3.05, 3.63) is 119 Å². The zero-order chi connectivity index (χ0) is 28.2. The maximum absolute atomic E-state index is 7.25. The Hall–Kier alpha value is -4.46. The lowest BCUT2D eigenvalue weighted by molar-refractivity contribution is 1.07. The number of benzene rings is 5. The van der Waals surface area contributed by atoms with Crippen LogP contribution in [0, 0.1) is 0 Å². The van der Waals surface area contributed by atoms with Crippen molar-refractivity contribution in [1.29, 1.82) is 0 Å². The molecule has 0 spiro atoms. The second-order valence-corrected chi connectivity index (χ2v) is 9.95. The van der Waals surface area contributed by atoms with Crippen molar-refractivity contribution < 1.29 is 0 Å². The first kappa shape index (κ1) is 27.1. The van der Waals surface area contributed by atoms with E-state index in [9.17, 15) is 0 Å². The van der Waals surface area contributed by atoms with Crippen molar-refractivity contribution >= 4 is 11.4 Å². The van der Waals surface area contributed by atoms with Gasteiger partial charge in [-0.25, -0.2) is 0 Å². The molecular weight excluding hydrogens is 492 g/mol. The molecule has 0 saturated carbocycles. The van der Waals surface area contributed by atoms with Crippen molar-refractivity contribution in [3.8, 4) is 44.5 Å². The minimum atomic E-state index is 0.413. The van der Waals surface area contributed by atoms with Crippen molar-refractivity contribution in [2.45, 2.75) is 26.2 Å². The number of anilines is 2. The van der Waals surface area contributed by atoms with E-state index in [1.807, 2.05) is 48.5 Å². The van der Waals surface area contributed by atoms with E-state index in [0.717, 1.165) is 66.8 Å². The SMILES string of the molecule is NCc1cccc(-c2c(N)c(-c3cccc(CN)c3)c(-c3cccc(CN)c3)c(N)c2-c2cccc(CN)c2)c1. The summed E-state index contributed by atoms with van der Waals surface area (Å²) in [6, 6.07) is 32.6. The Labute approximate surface area is 235 Å². The van der Waals surface area contributed by atoms with Gasteiger partial charge in [-0.05, 0) is 68.8 Å². The van der Waals surface area contributed by atoms with E-state index in [-0.39, 0.29) is 0 Å². The summed E-state index contributed by atoms with van der Waals surface area (Å²) in [4.78, 5) is 0. The standard InChI is InChI=1S/C34H36N6/c35-17-21-5-1-9-25(13-21)29-30(26-10-2-6-22(14-26)18-36)34(40)32(28-12-4-8-24(16-28)20-38)31(33(29)39)27-11-3-7-23(15-27)19-37/h1-16H,17-20,35-40H2. The maximum Gasteiger partial charge on any atom is 0.0487 e. The third kappa shape index (κ3) is 5.09. The molecule has 0 heterocycles. The lowest BCUT2D eigenvalue weighted by atomic mass is 9.81. The highest BCUT2D eigenvalue weighted by Crippen LogP contribution is 2.52. The van der Waals surface area contributed by atoms with Crippen LogP contribution >= 0.6 is 0 Å². The fraction of sp³-hybridized carbons (Fsp3) is 0.118. The van der Waals surface area contributed by atoms with Crippen molar-refractivity contribution in [3.63, 3.8) is 0 Å². The Kier molecular flexibility index (Phi) is 7.96. The highest BCUT2D eigenvalue weighted by atomic mass is 14.6. The second kappa shape index (κ2) is 11.7. The molecule has 6 nitrogen and oxygen atoms in total. The predicted octanol–water partition coefficient (Wildman–Crippen LogP) is 5.35. The lowest BCUT2D eigenvalue weighted by Crippen LogP contribution is -2.07. The summed E-state index contributed by atoms with van der Waals surface area (Å²) in [7, 11) is 0. The Morgan fingerprint density at radius 1 is 0.350 bits per heavy atom. The van der Waals surface area contributed by atoms with Crippen LogP contribution in [0.1, 0.15) is 22.3 Å². The highest BCUT2D eigenvalue weighted by Gasteiger charge is 2.25. The fourth-order valence-electron chi connectivity index (χ4n) is 5.40. The molecule has 0 aliphatic carbocycles. The van der Waals surface area contributed by atoms with Crippen LogP contribution < -0.4 is 34.4 Å². The van der Waals surface area contributed by atoms with Gasteiger partial charge in [0.25, 0.3) is 0 Å². The number of hydrogen-bond acceptors (Lipinski definition) is 6. The topological polar surface area (TPSA) is 156 Å². The third-order valence-electron chi connectivity index (χ3n) is 7.38. The quantitative estimate of drug-likeness (QED) is 0.149. The van der Waals surface area contributed by atoms with E-state index in [2.05, 4.69) is 48.5 Å². The van der Waals surface area contributed by atoms with E-state index in [1.165, 1.54) is 0 Å². The molecule has 0 atom stereocenters. The molecule has 0 bridgehead atoms. The Bertz CT molecular complexity index is 1430. The van der Waals surface area contributed by atoms with E-state index in [0.29, 0.717) is 37.6 Å². The van der Waals surface area contributed by atoms with E-state index in [4.69, 9.17) is 34.4 Å². The molecule has 0 aliphatic heterocycles. The minimum Gasteiger partial charge on any atom is -0.398 e. The van der Waals surface area contributed by atoms with Crippen LogP contribution in [-0.2, 0) is 26.2 Å². The first-order chi connectivity index (χ1) is 19.5. The largest absolute Gasteiger partial charge is 0.398 e. The maximum atomic E-state index is 7.25. The molecule has 0 unspecified atom stereocenters. The fourth-order valence-corrected chi connectivity index (χ4v) is 5.40. The molecule has 5 aromatic rings. The molecule has 0 radical (unpaired) electrons. The second-order valence-electron chi connectivity index (χ2n) is 9.95. The smallest absolute Gasteiger partial charge is 0.0487 e. The summed E-state index contributed by atoms with van der Waals surface area (Å²) in [5, 5.41) is 0. The minimum absolute atomic E-state index is 0.413. The van der Waals surface area contributed by atoms with Crippen molar-refractivity contribution in [1.82, 2.24) is 0 Å². The average Bonchev–Trinajstić information content (AvgIpc) is 3.01. The van der Waals surface area contributed by atoms with Gasteiger partial charge in [-0.15, -0.1) is 0 Å². The zero-order valence-electron chi connectivity index (χ0n) is 22.5. The monoisotopic (exact) mass is 528 g/mol. The van der Waals surface area contributed by atoms with Crippen LogP contribution in [-0.4, -0.2) is 0 Å². The molecular formula is C34H36N6. The van der Waals surface area contributed by atoms with Gasteiger partial charge in [0, 0.05) is 59.8 Å². The first-order valence-corrected chi connectivity index (χ1v) is 13.4. The molecule has 202 valence electrons. The summed E-state index contributed by atoms with van der Waals surface area (Å²) in [5.41, 5.74) is 51.1. The third-order valence-corrected chi connectivity index (χ3v) is 7.38. The Morgan fingerprint density at radius 2 is 0.575 bits per heavy atom. The zero-order valence-corrected chi connectivity index (χ0v) is 22.5. The summed E-state index contributed by atoms with van der Waals surface area (Å²) >= 11 is 0. The van der Waals surface area contributed by atoms with Crippen LogP contribution in [0.25, 0.3) is 44.5 Å². The van der Waals surface area contributed by atoms with Gasteiger partial charge in [0.05, 0.1) is 0 Å². The van der Waals surface area contributed by atoms with Gasteiger partial charge in [0.15, 0.2) is 0 Å². The molecule has 0 saturated heterocycles. The van der Waals surface area contributed by atoms with Crippen molar-refractivity contribution in [2.75, 3.05) is 11.5 Å². The summed E-state index contributed by atoms with van der Waals surface area (Å²) < 4.78 is 0. The van der Waals surface area contributed by atoms with Crippen LogP contribution in [0.15, 0.2) is 97.1 Å². The Balaban J connectivity index is 1.97. The molecule has 0 aromatic heterocycles. The van der Waals surface area contributed by atoms with Crippen LogP contribution in [0.3, 0.4) is 0 Å². The van der Waals surface area contributed by atoms with Gasteiger partial charge < -0.3 is 34.4 Å². The average molecular weight is 529 g/mol.